The molecule has 2 aromatic carbocycles. The van der Waals surface area contributed by atoms with Gasteiger partial charge in [-0.2, -0.15) is 8.42 Å². The largest absolute Gasteiger partial charge is 0.496 e. The monoisotopic (exact) mass is 434 g/mol. The molecular formula is C25H38O4S. The van der Waals surface area contributed by atoms with Gasteiger partial charge in [-0.3, -0.25) is 4.55 Å². The second-order valence-corrected chi connectivity index (χ2v) is 9.68. The van der Waals surface area contributed by atoms with E-state index in [0.29, 0.717) is 5.75 Å². The van der Waals surface area contributed by atoms with E-state index in [4.69, 9.17) is 4.74 Å². The lowest BCUT2D eigenvalue weighted by Gasteiger charge is -2.13. The molecule has 0 saturated carbocycles. The Morgan fingerprint density at radius 1 is 0.800 bits per heavy atom. The molecule has 0 amide bonds. The summed E-state index contributed by atoms with van der Waals surface area (Å²) in [5.41, 5.74) is 1.09. The maximum Gasteiger partial charge on any atom is 0.294 e. The molecule has 0 saturated heterocycles. The van der Waals surface area contributed by atoms with Crippen LogP contribution < -0.4 is 4.74 Å². The Morgan fingerprint density at radius 3 is 1.87 bits per heavy atom. The van der Waals surface area contributed by atoms with Crippen LogP contribution in [-0.2, 0) is 16.5 Å². The number of rotatable bonds is 15. The molecule has 1 N–H and O–H groups in total. The Bertz CT molecular complexity index is 874. The van der Waals surface area contributed by atoms with Crippen LogP contribution in [0.25, 0.3) is 10.8 Å². The quantitative estimate of drug-likeness (QED) is 0.235. The summed E-state index contributed by atoms with van der Waals surface area (Å²) in [6.45, 7) is 2.26. The van der Waals surface area contributed by atoms with Gasteiger partial charge in [-0.25, -0.2) is 0 Å². The number of aryl methyl sites for hydroxylation is 1. The van der Waals surface area contributed by atoms with E-state index in [1.807, 2.05) is 6.07 Å². The second-order valence-electron chi connectivity index (χ2n) is 8.26. The summed E-state index contributed by atoms with van der Waals surface area (Å²) in [6.07, 6.45) is 16.7. The fourth-order valence-electron chi connectivity index (χ4n) is 4.07. The lowest BCUT2D eigenvalue weighted by molar-refractivity contribution is 0.413. The van der Waals surface area contributed by atoms with Crippen molar-refractivity contribution in [2.75, 3.05) is 7.11 Å². The average molecular weight is 435 g/mol. The van der Waals surface area contributed by atoms with E-state index >= 15 is 0 Å². The van der Waals surface area contributed by atoms with Gasteiger partial charge < -0.3 is 4.74 Å². The van der Waals surface area contributed by atoms with Gasteiger partial charge >= 0.3 is 0 Å². The minimum Gasteiger partial charge on any atom is -0.496 e. The normalized spacial score (nSPS) is 11.8. The van der Waals surface area contributed by atoms with Crippen molar-refractivity contribution in [2.24, 2.45) is 0 Å². The van der Waals surface area contributed by atoms with Crippen molar-refractivity contribution < 1.29 is 17.7 Å². The summed E-state index contributed by atoms with van der Waals surface area (Å²) in [5.74, 6) is 0.709. The molecule has 0 bridgehead atoms. The number of unbranched alkanes of at least 4 members (excludes halogenated alkanes) is 11. The smallest absolute Gasteiger partial charge is 0.294 e. The zero-order valence-corrected chi connectivity index (χ0v) is 19.5. The minimum atomic E-state index is -4.23. The first-order valence-electron chi connectivity index (χ1n) is 11.5. The minimum absolute atomic E-state index is 0.101. The molecule has 4 nitrogen and oxygen atoms in total. The average Bonchev–Trinajstić information content (AvgIpc) is 2.73. The number of fused-ring (bicyclic) bond motifs is 1. The highest BCUT2D eigenvalue weighted by atomic mass is 32.2. The molecule has 0 fully saturated rings. The third-order valence-corrected chi connectivity index (χ3v) is 6.68. The van der Waals surface area contributed by atoms with E-state index in [1.54, 1.807) is 13.2 Å². The van der Waals surface area contributed by atoms with Gasteiger partial charge in [0.2, 0.25) is 0 Å². The van der Waals surface area contributed by atoms with Crippen molar-refractivity contribution in [1.82, 2.24) is 0 Å². The summed E-state index contributed by atoms with van der Waals surface area (Å²) >= 11 is 0. The van der Waals surface area contributed by atoms with Crippen molar-refractivity contribution in [3.8, 4) is 5.75 Å². The molecule has 5 heteroatoms. The zero-order valence-electron chi connectivity index (χ0n) is 18.7. The third-order valence-electron chi connectivity index (χ3n) is 5.83. The van der Waals surface area contributed by atoms with Crippen molar-refractivity contribution in [2.45, 2.75) is 95.3 Å². The molecule has 0 radical (unpaired) electrons. The van der Waals surface area contributed by atoms with Crippen LogP contribution >= 0.6 is 0 Å². The Morgan fingerprint density at radius 2 is 1.33 bits per heavy atom. The molecule has 0 atom stereocenters. The maximum absolute atomic E-state index is 11.5. The fraction of sp³-hybridized carbons (Fsp3) is 0.600. The van der Waals surface area contributed by atoms with Gasteiger partial charge in [0.25, 0.3) is 10.1 Å². The number of hydrogen-bond donors (Lipinski definition) is 1. The molecule has 0 aliphatic heterocycles. The van der Waals surface area contributed by atoms with Crippen molar-refractivity contribution >= 4 is 20.9 Å². The standard InChI is InChI=1S/C25H38O4S/c1-3-4-5-6-7-8-9-10-11-12-13-14-15-22-17-16-21-18-19-23(30(26,27)28)20-24(21)25(22)29-2/h16-20H,3-15H2,1-2H3,(H,26,27,28). The van der Waals surface area contributed by atoms with Gasteiger partial charge in [0.05, 0.1) is 12.0 Å². The highest BCUT2D eigenvalue weighted by molar-refractivity contribution is 7.85. The Balaban J connectivity index is 1.77. The summed E-state index contributed by atoms with van der Waals surface area (Å²) in [7, 11) is -2.62. The lowest BCUT2D eigenvalue weighted by atomic mass is 10.00. The van der Waals surface area contributed by atoms with Crippen molar-refractivity contribution in [3.63, 3.8) is 0 Å². The molecule has 30 heavy (non-hydrogen) atoms. The third kappa shape index (κ3) is 7.92. The molecule has 0 aromatic heterocycles. The second kappa shape index (κ2) is 13.0. The Hall–Kier alpha value is -1.59. The number of benzene rings is 2. The van der Waals surface area contributed by atoms with Crippen LogP contribution in [0.3, 0.4) is 0 Å². The summed E-state index contributed by atoms with van der Waals surface area (Å²) < 4.78 is 37.9. The SMILES string of the molecule is CCCCCCCCCCCCCCc1ccc2ccc(S(=O)(=O)O)cc2c1OC. The molecule has 0 spiro atoms. The molecule has 2 aromatic rings. The Kier molecular flexibility index (Phi) is 10.7. The molecule has 0 unspecified atom stereocenters. The zero-order chi connectivity index (χ0) is 21.8. The van der Waals surface area contributed by atoms with E-state index in [2.05, 4.69) is 13.0 Å². The number of ether oxygens (including phenoxy) is 1. The van der Waals surface area contributed by atoms with Crippen LogP contribution in [0.4, 0.5) is 0 Å². The topological polar surface area (TPSA) is 63.6 Å². The van der Waals surface area contributed by atoms with E-state index in [9.17, 15) is 13.0 Å². The maximum atomic E-state index is 11.5. The van der Waals surface area contributed by atoms with E-state index in [1.165, 1.54) is 82.8 Å². The summed E-state index contributed by atoms with van der Waals surface area (Å²) in [4.78, 5) is -0.101. The highest BCUT2D eigenvalue weighted by Gasteiger charge is 2.14. The predicted octanol–water partition coefficient (Wildman–Crippen LogP) is 7.34. The van der Waals surface area contributed by atoms with Crippen LogP contribution in [0, 0.1) is 0 Å². The van der Waals surface area contributed by atoms with Gasteiger partial charge in [-0.15, -0.1) is 0 Å². The molecular weight excluding hydrogens is 396 g/mol. The van der Waals surface area contributed by atoms with Gasteiger partial charge in [0.1, 0.15) is 5.75 Å². The first-order valence-corrected chi connectivity index (χ1v) is 13.0. The van der Waals surface area contributed by atoms with Crippen LogP contribution in [-0.4, -0.2) is 20.1 Å². The number of methoxy groups -OCH3 is 1. The van der Waals surface area contributed by atoms with Gasteiger partial charge in [-0.05, 0) is 35.9 Å². The van der Waals surface area contributed by atoms with Gasteiger partial charge in [-0.1, -0.05) is 95.8 Å². The van der Waals surface area contributed by atoms with Crippen molar-refractivity contribution in [1.29, 1.82) is 0 Å². The summed E-state index contributed by atoms with van der Waals surface area (Å²) in [5, 5.41) is 1.63. The van der Waals surface area contributed by atoms with Crippen LogP contribution in [0.5, 0.6) is 5.75 Å². The fourth-order valence-corrected chi connectivity index (χ4v) is 4.58. The van der Waals surface area contributed by atoms with E-state index in [0.717, 1.165) is 29.2 Å². The van der Waals surface area contributed by atoms with E-state index in [-0.39, 0.29) is 4.90 Å². The first-order chi connectivity index (χ1) is 14.5. The van der Waals surface area contributed by atoms with Gasteiger partial charge in [0, 0.05) is 5.39 Å². The highest BCUT2D eigenvalue weighted by Crippen LogP contribution is 2.32. The molecule has 168 valence electrons. The molecule has 0 aliphatic rings. The molecule has 2 rings (SSSR count). The van der Waals surface area contributed by atoms with E-state index < -0.39 is 10.1 Å². The van der Waals surface area contributed by atoms with Crippen LogP contribution in [0.15, 0.2) is 35.2 Å². The molecule has 0 aliphatic carbocycles. The first kappa shape index (κ1) is 24.7. The number of hydrogen-bond acceptors (Lipinski definition) is 3. The van der Waals surface area contributed by atoms with Crippen LogP contribution in [0.2, 0.25) is 0 Å². The van der Waals surface area contributed by atoms with Gasteiger partial charge in [0.15, 0.2) is 0 Å². The van der Waals surface area contributed by atoms with Crippen molar-refractivity contribution in [3.05, 3.63) is 35.9 Å². The summed E-state index contributed by atoms with van der Waals surface area (Å²) in [6, 6.07) is 8.67. The Labute approximate surface area is 182 Å². The predicted molar refractivity (Wildman–Crippen MR) is 125 cm³/mol. The molecule has 0 heterocycles. The lowest BCUT2D eigenvalue weighted by Crippen LogP contribution is -1.99. The van der Waals surface area contributed by atoms with Crippen LogP contribution in [0.1, 0.15) is 89.5 Å².